The minimum absolute atomic E-state index is 0.204. The Morgan fingerprint density at radius 2 is 1.67 bits per heavy atom. The number of benzene rings is 2. The van der Waals surface area contributed by atoms with Crippen molar-refractivity contribution < 1.29 is 8.42 Å². The molecule has 1 aromatic heterocycles. The standard InChI is InChI=1S/C21H23N3O2S/c1-15(2)19-11-7-8-16(3)21(19)23-17-12-13-20(22-14-17)24-27(25,26)18-9-5-4-6-10-18/h4-15,23H,1-3H3,(H,22,24). The molecule has 2 N–H and O–H groups in total. The summed E-state index contributed by atoms with van der Waals surface area (Å²) < 4.78 is 27.3. The van der Waals surface area contributed by atoms with Crippen molar-refractivity contribution in [1.29, 1.82) is 0 Å². The number of nitrogens with zero attached hydrogens (tertiary/aromatic N) is 1. The van der Waals surface area contributed by atoms with E-state index in [0.717, 1.165) is 16.9 Å². The number of aryl methyl sites for hydroxylation is 1. The van der Waals surface area contributed by atoms with Crippen LogP contribution in [0.15, 0.2) is 71.8 Å². The summed E-state index contributed by atoms with van der Waals surface area (Å²) in [5.41, 5.74) is 4.24. The van der Waals surface area contributed by atoms with Gasteiger partial charge in [-0.1, -0.05) is 50.2 Å². The first-order valence-corrected chi connectivity index (χ1v) is 10.3. The SMILES string of the molecule is Cc1cccc(C(C)C)c1Nc1ccc(NS(=O)(=O)c2ccccc2)nc1. The summed E-state index contributed by atoms with van der Waals surface area (Å²) in [4.78, 5) is 4.44. The molecule has 3 rings (SSSR count). The second-order valence-corrected chi connectivity index (χ2v) is 8.35. The highest BCUT2D eigenvalue weighted by Gasteiger charge is 2.14. The number of anilines is 3. The van der Waals surface area contributed by atoms with Gasteiger partial charge in [-0.05, 0) is 48.2 Å². The maximum absolute atomic E-state index is 12.4. The van der Waals surface area contributed by atoms with Gasteiger partial charge in [-0.25, -0.2) is 13.4 Å². The summed E-state index contributed by atoms with van der Waals surface area (Å²) in [6.07, 6.45) is 1.62. The minimum atomic E-state index is -3.64. The molecule has 1 heterocycles. The number of sulfonamides is 1. The average molecular weight is 382 g/mol. The molecule has 0 aliphatic heterocycles. The normalized spacial score (nSPS) is 11.4. The molecular formula is C21H23N3O2S. The third-order valence-corrected chi connectivity index (χ3v) is 5.62. The fourth-order valence-corrected chi connectivity index (χ4v) is 3.84. The molecule has 27 heavy (non-hydrogen) atoms. The summed E-state index contributed by atoms with van der Waals surface area (Å²) in [6, 6.07) is 17.9. The zero-order chi connectivity index (χ0) is 19.4. The van der Waals surface area contributed by atoms with E-state index in [2.05, 4.69) is 54.0 Å². The summed E-state index contributed by atoms with van der Waals surface area (Å²) >= 11 is 0. The average Bonchev–Trinajstić information content (AvgIpc) is 2.65. The Labute approximate surface area is 160 Å². The highest BCUT2D eigenvalue weighted by molar-refractivity contribution is 7.92. The lowest BCUT2D eigenvalue weighted by molar-refractivity contribution is 0.601. The van der Waals surface area contributed by atoms with E-state index in [0.29, 0.717) is 5.92 Å². The molecule has 2 aromatic carbocycles. The van der Waals surface area contributed by atoms with Crippen LogP contribution in [-0.4, -0.2) is 13.4 Å². The Bertz CT molecular complexity index is 1020. The lowest BCUT2D eigenvalue weighted by atomic mass is 9.98. The molecule has 0 atom stereocenters. The van der Waals surface area contributed by atoms with Gasteiger partial charge in [-0.2, -0.15) is 0 Å². The van der Waals surface area contributed by atoms with E-state index in [-0.39, 0.29) is 10.7 Å². The van der Waals surface area contributed by atoms with Crippen molar-refractivity contribution in [3.63, 3.8) is 0 Å². The van der Waals surface area contributed by atoms with Gasteiger partial charge >= 0.3 is 0 Å². The van der Waals surface area contributed by atoms with Gasteiger partial charge in [0.15, 0.2) is 0 Å². The second-order valence-electron chi connectivity index (χ2n) is 6.67. The monoisotopic (exact) mass is 381 g/mol. The number of nitrogens with one attached hydrogen (secondary N) is 2. The highest BCUT2D eigenvalue weighted by Crippen LogP contribution is 2.30. The minimum Gasteiger partial charge on any atom is -0.354 e. The van der Waals surface area contributed by atoms with Gasteiger partial charge < -0.3 is 5.32 Å². The van der Waals surface area contributed by atoms with Crippen molar-refractivity contribution in [2.75, 3.05) is 10.0 Å². The van der Waals surface area contributed by atoms with Crippen molar-refractivity contribution in [2.45, 2.75) is 31.6 Å². The van der Waals surface area contributed by atoms with Crippen molar-refractivity contribution >= 4 is 27.2 Å². The molecule has 3 aromatic rings. The summed E-state index contributed by atoms with van der Waals surface area (Å²) in [5.74, 6) is 0.663. The lowest BCUT2D eigenvalue weighted by Gasteiger charge is -2.17. The molecule has 0 saturated carbocycles. The maximum atomic E-state index is 12.4. The first kappa shape index (κ1) is 18.9. The van der Waals surface area contributed by atoms with E-state index < -0.39 is 10.0 Å². The van der Waals surface area contributed by atoms with Gasteiger partial charge in [-0.3, -0.25) is 4.72 Å². The van der Waals surface area contributed by atoms with Crippen LogP contribution >= 0.6 is 0 Å². The lowest BCUT2D eigenvalue weighted by Crippen LogP contribution is -2.13. The number of pyridine rings is 1. The van der Waals surface area contributed by atoms with Gasteiger partial charge in [0.2, 0.25) is 0 Å². The molecule has 0 fully saturated rings. The zero-order valence-corrected chi connectivity index (χ0v) is 16.4. The van der Waals surface area contributed by atoms with Gasteiger partial charge in [0.05, 0.1) is 16.8 Å². The maximum Gasteiger partial charge on any atom is 0.263 e. The number of rotatable bonds is 6. The van der Waals surface area contributed by atoms with E-state index in [4.69, 9.17) is 0 Å². The first-order chi connectivity index (χ1) is 12.9. The number of hydrogen-bond donors (Lipinski definition) is 2. The third-order valence-electron chi connectivity index (χ3n) is 4.25. The zero-order valence-electron chi connectivity index (χ0n) is 15.6. The van der Waals surface area contributed by atoms with Crippen LogP contribution in [0.4, 0.5) is 17.2 Å². The Balaban J connectivity index is 1.79. The van der Waals surface area contributed by atoms with E-state index in [1.165, 1.54) is 5.56 Å². The molecule has 0 saturated heterocycles. The molecule has 0 spiro atoms. The van der Waals surface area contributed by atoms with Crippen LogP contribution in [-0.2, 0) is 10.0 Å². The molecule has 6 heteroatoms. The topological polar surface area (TPSA) is 71.1 Å². The molecule has 0 aliphatic rings. The Morgan fingerprint density at radius 1 is 0.926 bits per heavy atom. The molecule has 5 nitrogen and oxygen atoms in total. The summed E-state index contributed by atoms with van der Waals surface area (Å²) in [5, 5.41) is 3.40. The van der Waals surface area contributed by atoms with E-state index in [1.54, 1.807) is 42.6 Å². The van der Waals surface area contributed by atoms with Gasteiger partial charge in [0, 0.05) is 5.69 Å². The van der Waals surface area contributed by atoms with E-state index >= 15 is 0 Å². The Kier molecular flexibility index (Phi) is 5.46. The van der Waals surface area contributed by atoms with E-state index in [1.807, 2.05) is 6.07 Å². The smallest absolute Gasteiger partial charge is 0.263 e. The predicted molar refractivity (Wildman–Crippen MR) is 110 cm³/mol. The summed E-state index contributed by atoms with van der Waals surface area (Å²) in [6.45, 7) is 6.36. The van der Waals surface area contributed by atoms with Crippen LogP contribution in [0.1, 0.15) is 30.9 Å². The molecule has 0 unspecified atom stereocenters. The van der Waals surface area contributed by atoms with Crippen LogP contribution < -0.4 is 10.0 Å². The Hall–Kier alpha value is -2.86. The van der Waals surface area contributed by atoms with Crippen molar-refractivity contribution in [3.8, 4) is 0 Å². The van der Waals surface area contributed by atoms with Crippen molar-refractivity contribution in [2.24, 2.45) is 0 Å². The van der Waals surface area contributed by atoms with Crippen LogP contribution in [0.5, 0.6) is 0 Å². The molecule has 140 valence electrons. The van der Waals surface area contributed by atoms with E-state index in [9.17, 15) is 8.42 Å². The largest absolute Gasteiger partial charge is 0.354 e. The molecule has 0 bridgehead atoms. The van der Waals surface area contributed by atoms with Crippen molar-refractivity contribution in [3.05, 3.63) is 78.0 Å². The highest BCUT2D eigenvalue weighted by atomic mass is 32.2. The Morgan fingerprint density at radius 3 is 2.30 bits per heavy atom. The van der Waals surface area contributed by atoms with Crippen LogP contribution in [0, 0.1) is 6.92 Å². The van der Waals surface area contributed by atoms with Gasteiger partial charge in [0.25, 0.3) is 10.0 Å². The van der Waals surface area contributed by atoms with Gasteiger partial charge in [-0.15, -0.1) is 0 Å². The molecule has 0 radical (unpaired) electrons. The molecule has 0 amide bonds. The first-order valence-electron chi connectivity index (χ1n) is 8.77. The molecule has 0 aliphatic carbocycles. The number of aromatic nitrogens is 1. The fraction of sp³-hybridized carbons (Fsp3) is 0.190. The second kappa shape index (κ2) is 7.80. The number of para-hydroxylation sites is 1. The van der Waals surface area contributed by atoms with Crippen LogP contribution in [0.3, 0.4) is 0 Å². The third kappa shape index (κ3) is 4.46. The van der Waals surface area contributed by atoms with Crippen LogP contribution in [0.25, 0.3) is 0 Å². The number of hydrogen-bond acceptors (Lipinski definition) is 4. The van der Waals surface area contributed by atoms with Crippen LogP contribution in [0.2, 0.25) is 0 Å². The molecular weight excluding hydrogens is 358 g/mol. The van der Waals surface area contributed by atoms with Crippen molar-refractivity contribution in [1.82, 2.24) is 4.98 Å². The quantitative estimate of drug-likeness (QED) is 0.626. The predicted octanol–water partition coefficient (Wildman–Crippen LogP) is 5.06. The fourth-order valence-electron chi connectivity index (χ4n) is 2.81. The summed E-state index contributed by atoms with van der Waals surface area (Å²) in [7, 11) is -3.64. The van der Waals surface area contributed by atoms with Gasteiger partial charge in [0.1, 0.15) is 5.82 Å².